The van der Waals surface area contributed by atoms with E-state index >= 15 is 0 Å². The number of β-lactam (4-membered cyclic amide) rings is 1. The normalized spacial score (nSPS) is 23.4. The molecule has 1 fully saturated rings. The summed E-state index contributed by atoms with van der Waals surface area (Å²) >= 11 is 4.78. The van der Waals surface area contributed by atoms with E-state index < -0.39 is 29.6 Å². The molecule has 29 heavy (non-hydrogen) atoms. The molecule has 1 saturated heterocycles. The Morgan fingerprint density at radius 3 is 2.55 bits per heavy atom. The van der Waals surface area contributed by atoms with E-state index in [1.807, 2.05) is 23.6 Å². The lowest BCUT2D eigenvalue weighted by atomic mass is 9.98. The average Bonchev–Trinajstić information content (AvgIpc) is 2.68. The van der Waals surface area contributed by atoms with Gasteiger partial charge in [-0.05, 0) is 43.9 Å². The van der Waals surface area contributed by atoms with Crippen molar-refractivity contribution in [3.8, 4) is 5.75 Å². The smallest absolute Gasteiger partial charge is 0.333 e. The van der Waals surface area contributed by atoms with Crippen LogP contribution in [0.1, 0.15) is 20.8 Å². The first-order valence-electron chi connectivity index (χ1n) is 9.14. The molecule has 0 bridgehead atoms. The fraction of sp³-hybridized carbons (Fsp3) is 0.450. The van der Waals surface area contributed by atoms with E-state index in [1.165, 1.54) is 16.7 Å². The third-order valence-electron chi connectivity index (χ3n) is 4.28. The molecule has 0 aliphatic carbocycles. The lowest BCUT2D eigenvalue weighted by Gasteiger charge is -2.51. The number of thioether (sulfide) groups is 1. The SMILES string of the molecule is CC(C)(C)OC(=O)C1C(CBr)=CSC2C(NC(=O)COc3ccccc3)C(=O)N12. The Labute approximate surface area is 182 Å². The molecule has 2 amide bonds. The minimum atomic E-state index is -0.791. The maximum atomic E-state index is 12.8. The van der Waals surface area contributed by atoms with Gasteiger partial charge in [-0.1, -0.05) is 34.1 Å². The molecule has 7 nitrogen and oxygen atoms in total. The van der Waals surface area contributed by atoms with Crippen molar-refractivity contribution in [3.63, 3.8) is 0 Å². The second kappa shape index (κ2) is 8.79. The van der Waals surface area contributed by atoms with Crippen molar-refractivity contribution in [2.75, 3.05) is 11.9 Å². The number of benzene rings is 1. The molecular weight excluding hydrogens is 460 g/mol. The second-order valence-electron chi connectivity index (χ2n) is 7.68. The number of hydrogen-bond donors (Lipinski definition) is 1. The van der Waals surface area contributed by atoms with Crippen molar-refractivity contribution in [2.45, 2.75) is 43.8 Å². The van der Waals surface area contributed by atoms with Gasteiger partial charge in [0.25, 0.3) is 5.91 Å². The van der Waals surface area contributed by atoms with Crippen molar-refractivity contribution in [1.29, 1.82) is 0 Å². The predicted molar refractivity (Wildman–Crippen MR) is 114 cm³/mol. The van der Waals surface area contributed by atoms with E-state index in [0.29, 0.717) is 11.1 Å². The fourth-order valence-electron chi connectivity index (χ4n) is 3.05. The highest BCUT2D eigenvalue weighted by atomic mass is 79.9. The minimum Gasteiger partial charge on any atom is -0.484 e. The van der Waals surface area contributed by atoms with Crippen LogP contribution in [0.15, 0.2) is 41.3 Å². The number of fused-ring (bicyclic) bond motifs is 1. The van der Waals surface area contributed by atoms with E-state index in [1.54, 1.807) is 32.9 Å². The Hall–Kier alpha value is -2.00. The molecule has 1 aromatic rings. The highest BCUT2D eigenvalue weighted by molar-refractivity contribution is 9.09. The number of carbonyl (C=O) groups excluding carboxylic acids is 3. The lowest BCUT2D eigenvalue weighted by Crippen LogP contribution is -2.74. The molecule has 9 heteroatoms. The zero-order valence-electron chi connectivity index (χ0n) is 16.4. The molecular formula is C20H23BrN2O5S. The summed E-state index contributed by atoms with van der Waals surface area (Å²) in [7, 11) is 0. The Kier molecular flexibility index (Phi) is 6.58. The molecule has 1 N–H and O–H groups in total. The molecule has 3 unspecified atom stereocenters. The van der Waals surface area contributed by atoms with Crippen LogP contribution in [0.5, 0.6) is 5.75 Å². The number of rotatable bonds is 6. The maximum Gasteiger partial charge on any atom is 0.333 e. The molecule has 0 radical (unpaired) electrons. The van der Waals surface area contributed by atoms with Gasteiger partial charge in [-0.2, -0.15) is 0 Å². The molecule has 1 aromatic carbocycles. The Morgan fingerprint density at radius 2 is 1.93 bits per heavy atom. The van der Waals surface area contributed by atoms with Gasteiger partial charge in [0.05, 0.1) is 0 Å². The zero-order chi connectivity index (χ0) is 21.2. The fourth-order valence-corrected chi connectivity index (χ4v) is 4.95. The van der Waals surface area contributed by atoms with Crippen LogP contribution >= 0.6 is 27.7 Å². The van der Waals surface area contributed by atoms with Gasteiger partial charge in [0.2, 0.25) is 5.91 Å². The van der Waals surface area contributed by atoms with Gasteiger partial charge < -0.3 is 19.7 Å². The van der Waals surface area contributed by atoms with Gasteiger partial charge in [-0.15, -0.1) is 11.8 Å². The number of alkyl halides is 1. The van der Waals surface area contributed by atoms with Gasteiger partial charge in [-0.3, -0.25) is 9.59 Å². The van der Waals surface area contributed by atoms with Gasteiger partial charge in [0.1, 0.15) is 22.8 Å². The van der Waals surface area contributed by atoms with Crippen LogP contribution in [-0.4, -0.2) is 57.7 Å². The highest BCUT2D eigenvalue weighted by Gasteiger charge is 2.56. The summed E-state index contributed by atoms with van der Waals surface area (Å²) in [5.74, 6) is -0.598. The first-order chi connectivity index (χ1) is 13.7. The Morgan fingerprint density at radius 1 is 1.24 bits per heavy atom. The summed E-state index contributed by atoms with van der Waals surface area (Å²) in [5, 5.41) is 4.65. The Balaban J connectivity index is 1.64. The van der Waals surface area contributed by atoms with Gasteiger partial charge in [0.15, 0.2) is 12.6 Å². The second-order valence-corrected chi connectivity index (χ2v) is 9.23. The van der Waals surface area contributed by atoms with Crippen LogP contribution < -0.4 is 10.1 Å². The number of carbonyl (C=O) groups is 3. The highest BCUT2D eigenvalue weighted by Crippen LogP contribution is 2.41. The van der Waals surface area contributed by atoms with E-state index in [9.17, 15) is 14.4 Å². The number of amides is 2. The quantitative estimate of drug-likeness (QED) is 0.380. The maximum absolute atomic E-state index is 12.8. The Bertz CT molecular complexity index is 824. The molecule has 2 heterocycles. The molecule has 2 aliphatic rings. The van der Waals surface area contributed by atoms with E-state index in [0.717, 1.165) is 5.57 Å². The molecule has 156 valence electrons. The molecule has 3 rings (SSSR count). The summed E-state index contributed by atoms with van der Waals surface area (Å²) in [4.78, 5) is 39.2. The third kappa shape index (κ3) is 4.95. The van der Waals surface area contributed by atoms with Crippen LogP contribution in [0.3, 0.4) is 0 Å². The molecule has 0 saturated carbocycles. The summed E-state index contributed by atoms with van der Waals surface area (Å²) in [6.07, 6.45) is 0. The average molecular weight is 483 g/mol. The van der Waals surface area contributed by atoms with E-state index in [4.69, 9.17) is 9.47 Å². The van der Waals surface area contributed by atoms with Crippen molar-refractivity contribution < 1.29 is 23.9 Å². The van der Waals surface area contributed by atoms with Crippen molar-refractivity contribution in [2.24, 2.45) is 0 Å². The number of nitrogens with one attached hydrogen (secondary N) is 1. The van der Waals surface area contributed by atoms with Crippen LogP contribution in [0.2, 0.25) is 0 Å². The third-order valence-corrected chi connectivity index (χ3v) is 6.15. The molecule has 2 aliphatic heterocycles. The monoisotopic (exact) mass is 482 g/mol. The van der Waals surface area contributed by atoms with Crippen LogP contribution in [0.4, 0.5) is 0 Å². The van der Waals surface area contributed by atoms with Gasteiger partial charge in [0, 0.05) is 5.33 Å². The number of halogens is 1. The van der Waals surface area contributed by atoms with Crippen molar-refractivity contribution >= 4 is 45.5 Å². The standard InChI is InChI=1S/C20H23BrN2O5S/c1-20(2,3)28-19(26)16-12(9-21)11-29-18-15(17(25)23(16)18)22-14(24)10-27-13-7-5-4-6-8-13/h4-8,11,15-16,18H,9-10H2,1-3H3,(H,22,24). The molecule has 3 atom stereocenters. The van der Waals surface area contributed by atoms with Gasteiger partial charge in [-0.25, -0.2) is 4.79 Å². The summed E-state index contributed by atoms with van der Waals surface area (Å²) in [6.45, 7) is 5.16. The number of esters is 1. The van der Waals surface area contributed by atoms with Crippen LogP contribution in [0, 0.1) is 0 Å². The van der Waals surface area contributed by atoms with Crippen LogP contribution in [0.25, 0.3) is 0 Å². The largest absolute Gasteiger partial charge is 0.484 e. The number of hydrogen-bond acceptors (Lipinski definition) is 6. The molecule has 0 spiro atoms. The van der Waals surface area contributed by atoms with Crippen molar-refractivity contribution in [1.82, 2.24) is 10.2 Å². The first-order valence-corrected chi connectivity index (χ1v) is 11.2. The summed E-state index contributed by atoms with van der Waals surface area (Å²) in [5.41, 5.74) is 0.0938. The number of ether oxygens (including phenoxy) is 2. The summed E-state index contributed by atoms with van der Waals surface area (Å²) in [6, 6.07) is 7.47. The molecule has 0 aromatic heterocycles. The van der Waals surface area contributed by atoms with Crippen LogP contribution in [-0.2, 0) is 19.1 Å². The number of nitrogens with zero attached hydrogens (tertiary/aromatic N) is 1. The minimum absolute atomic E-state index is 0.191. The topological polar surface area (TPSA) is 84.9 Å². The summed E-state index contributed by atoms with van der Waals surface area (Å²) < 4.78 is 10.9. The predicted octanol–water partition coefficient (Wildman–Crippen LogP) is 2.45. The van der Waals surface area contributed by atoms with E-state index in [-0.39, 0.29) is 17.9 Å². The number of para-hydroxylation sites is 1. The van der Waals surface area contributed by atoms with Gasteiger partial charge >= 0.3 is 5.97 Å². The zero-order valence-corrected chi connectivity index (χ0v) is 18.8. The first kappa shape index (κ1) is 21.7. The lowest BCUT2D eigenvalue weighted by molar-refractivity contribution is -0.170. The van der Waals surface area contributed by atoms with E-state index in [2.05, 4.69) is 21.2 Å². The van der Waals surface area contributed by atoms with Crippen molar-refractivity contribution in [3.05, 3.63) is 41.3 Å².